The van der Waals surface area contributed by atoms with Crippen LogP contribution in [0, 0.1) is 0 Å². The third-order valence-electron chi connectivity index (χ3n) is 1.80. The van der Waals surface area contributed by atoms with E-state index in [1.54, 1.807) is 12.2 Å². The molecule has 0 fully saturated rings. The van der Waals surface area contributed by atoms with Crippen molar-refractivity contribution in [3.05, 3.63) is 59.8 Å². The largest absolute Gasteiger partial charge is 0.392 e. The summed E-state index contributed by atoms with van der Waals surface area (Å²) in [5.74, 6) is 0. The topological polar surface area (TPSA) is 40.5 Å². The number of hydrogen-bond donors (Lipinski definition) is 2. The van der Waals surface area contributed by atoms with Gasteiger partial charge in [0.25, 0.3) is 0 Å². The third kappa shape index (κ3) is 9.19. The Labute approximate surface area is 97.6 Å². The molecule has 16 heavy (non-hydrogen) atoms. The van der Waals surface area contributed by atoms with Crippen molar-refractivity contribution in [2.75, 3.05) is 13.2 Å². The first-order valence-electron chi connectivity index (χ1n) is 5.27. The molecule has 0 unspecified atom stereocenters. The first kappa shape index (κ1) is 14.6. The van der Waals surface area contributed by atoms with Gasteiger partial charge in [0.1, 0.15) is 0 Å². The Kier molecular flexibility index (Phi) is 9.27. The van der Waals surface area contributed by atoms with Gasteiger partial charge in [-0.05, 0) is 13.8 Å². The van der Waals surface area contributed by atoms with Crippen LogP contribution in [-0.4, -0.2) is 23.4 Å². The van der Waals surface area contributed by atoms with Gasteiger partial charge >= 0.3 is 0 Å². The molecule has 0 atom stereocenters. The van der Waals surface area contributed by atoms with Gasteiger partial charge in [0.05, 0.1) is 13.2 Å². The lowest BCUT2D eigenvalue weighted by Gasteiger charge is -1.88. The zero-order valence-electron chi connectivity index (χ0n) is 9.93. The van der Waals surface area contributed by atoms with Crippen molar-refractivity contribution in [3.8, 4) is 0 Å². The number of allylic oxidation sites excluding steroid dienone is 8. The lowest BCUT2D eigenvalue weighted by atomic mass is 10.2. The summed E-state index contributed by atoms with van der Waals surface area (Å²) >= 11 is 0. The smallest absolute Gasteiger partial charge is 0.0615 e. The van der Waals surface area contributed by atoms with Crippen molar-refractivity contribution in [1.82, 2.24) is 0 Å². The molecule has 0 aromatic heterocycles. The van der Waals surface area contributed by atoms with Crippen LogP contribution < -0.4 is 0 Å². The van der Waals surface area contributed by atoms with Crippen molar-refractivity contribution in [3.63, 3.8) is 0 Å². The minimum Gasteiger partial charge on any atom is -0.392 e. The maximum absolute atomic E-state index is 8.57. The molecule has 0 aromatic carbocycles. The Balaban J connectivity index is 4.19. The van der Waals surface area contributed by atoms with Crippen LogP contribution in [0.2, 0.25) is 0 Å². The number of aliphatic hydroxyl groups excluding tert-OH is 2. The van der Waals surface area contributed by atoms with E-state index in [9.17, 15) is 0 Å². The summed E-state index contributed by atoms with van der Waals surface area (Å²) in [4.78, 5) is 0. The summed E-state index contributed by atoms with van der Waals surface area (Å²) in [6.07, 6.45) is 14.9. The summed E-state index contributed by atoms with van der Waals surface area (Å²) in [6.45, 7) is 4.08. The molecule has 0 saturated carbocycles. The molecule has 0 aliphatic carbocycles. The van der Waals surface area contributed by atoms with E-state index >= 15 is 0 Å². The van der Waals surface area contributed by atoms with Crippen molar-refractivity contribution in [2.24, 2.45) is 0 Å². The summed E-state index contributed by atoms with van der Waals surface area (Å²) in [7, 11) is 0. The highest BCUT2D eigenvalue weighted by molar-refractivity contribution is 5.26. The molecule has 88 valence electrons. The molecule has 0 radical (unpaired) electrons. The minimum absolute atomic E-state index is 0.0693. The maximum Gasteiger partial charge on any atom is 0.0615 e. The fraction of sp³-hybridized carbons (Fsp3) is 0.286. The molecule has 0 aliphatic heterocycles. The highest BCUT2D eigenvalue weighted by Crippen LogP contribution is 1.98. The normalized spacial score (nSPS) is 14.8. The van der Waals surface area contributed by atoms with Gasteiger partial charge in [0.15, 0.2) is 0 Å². The summed E-state index contributed by atoms with van der Waals surface area (Å²) in [6, 6.07) is 0. The third-order valence-corrected chi connectivity index (χ3v) is 1.80. The lowest BCUT2D eigenvalue weighted by molar-refractivity contribution is 0.342. The SMILES string of the molecule is CC(/C=C/CO)=C\C=C\C=C(C)\C=C\CO. The van der Waals surface area contributed by atoms with E-state index < -0.39 is 0 Å². The van der Waals surface area contributed by atoms with Crippen molar-refractivity contribution >= 4 is 0 Å². The zero-order chi connectivity index (χ0) is 12.2. The Morgan fingerprint density at radius 3 is 1.50 bits per heavy atom. The Hall–Kier alpha value is -1.38. The first-order chi connectivity index (χ1) is 7.70. The van der Waals surface area contributed by atoms with E-state index in [0.717, 1.165) is 11.1 Å². The van der Waals surface area contributed by atoms with Gasteiger partial charge in [0.2, 0.25) is 0 Å². The van der Waals surface area contributed by atoms with E-state index in [0.29, 0.717) is 0 Å². The van der Waals surface area contributed by atoms with E-state index in [4.69, 9.17) is 10.2 Å². The van der Waals surface area contributed by atoms with Crippen LogP contribution in [0.15, 0.2) is 59.8 Å². The molecule has 2 heteroatoms. The van der Waals surface area contributed by atoms with Gasteiger partial charge in [-0.15, -0.1) is 0 Å². The second-order valence-electron chi connectivity index (χ2n) is 3.38. The standard InChI is InChI=1S/C14H20O2/c1-13(9-5-11-15)7-3-4-8-14(2)10-6-12-16/h3-10,15-16H,11-12H2,1-2H3/b4-3+,9-5+,10-6+,13-7+,14-8+. The molecule has 0 saturated heterocycles. The van der Waals surface area contributed by atoms with Gasteiger partial charge < -0.3 is 10.2 Å². The van der Waals surface area contributed by atoms with Crippen molar-refractivity contribution in [2.45, 2.75) is 13.8 Å². The maximum atomic E-state index is 8.57. The minimum atomic E-state index is 0.0693. The summed E-state index contributed by atoms with van der Waals surface area (Å²) in [5, 5.41) is 17.1. The van der Waals surface area contributed by atoms with Crippen LogP contribution in [0.5, 0.6) is 0 Å². The van der Waals surface area contributed by atoms with E-state index in [1.807, 2.05) is 50.3 Å². The molecule has 0 aliphatic rings. The van der Waals surface area contributed by atoms with Crippen molar-refractivity contribution < 1.29 is 10.2 Å². The predicted molar refractivity (Wildman–Crippen MR) is 69.1 cm³/mol. The Bertz CT molecular complexity index is 286. The molecular formula is C14H20O2. The highest BCUT2D eigenvalue weighted by Gasteiger charge is 1.78. The first-order valence-corrected chi connectivity index (χ1v) is 5.27. The molecule has 0 amide bonds. The van der Waals surface area contributed by atoms with Gasteiger partial charge in [0, 0.05) is 0 Å². The van der Waals surface area contributed by atoms with Crippen LogP contribution in [0.1, 0.15) is 13.8 Å². The number of rotatable bonds is 6. The monoisotopic (exact) mass is 220 g/mol. The fourth-order valence-electron chi connectivity index (χ4n) is 1.00. The van der Waals surface area contributed by atoms with E-state index in [2.05, 4.69) is 0 Å². The Morgan fingerprint density at radius 1 is 0.812 bits per heavy atom. The summed E-state index contributed by atoms with van der Waals surface area (Å²) < 4.78 is 0. The second kappa shape index (κ2) is 10.1. The lowest BCUT2D eigenvalue weighted by Crippen LogP contribution is -1.73. The van der Waals surface area contributed by atoms with Gasteiger partial charge in [-0.25, -0.2) is 0 Å². The molecule has 0 spiro atoms. The molecule has 2 nitrogen and oxygen atoms in total. The van der Waals surface area contributed by atoms with Crippen LogP contribution in [-0.2, 0) is 0 Å². The number of hydrogen-bond acceptors (Lipinski definition) is 2. The average molecular weight is 220 g/mol. The number of aliphatic hydroxyl groups is 2. The molecule has 0 bridgehead atoms. The van der Waals surface area contributed by atoms with E-state index in [-0.39, 0.29) is 13.2 Å². The Morgan fingerprint density at radius 2 is 1.19 bits per heavy atom. The van der Waals surface area contributed by atoms with Gasteiger partial charge in [-0.3, -0.25) is 0 Å². The fourth-order valence-corrected chi connectivity index (χ4v) is 1.00. The molecule has 0 heterocycles. The second-order valence-corrected chi connectivity index (χ2v) is 3.38. The van der Waals surface area contributed by atoms with Crippen LogP contribution in [0.3, 0.4) is 0 Å². The van der Waals surface area contributed by atoms with E-state index in [1.165, 1.54) is 0 Å². The van der Waals surface area contributed by atoms with Crippen LogP contribution >= 0.6 is 0 Å². The van der Waals surface area contributed by atoms with Crippen LogP contribution in [0.4, 0.5) is 0 Å². The van der Waals surface area contributed by atoms with Gasteiger partial charge in [-0.1, -0.05) is 59.8 Å². The quantitative estimate of drug-likeness (QED) is 0.675. The molecule has 0 aromatic rings. The van der Waals surface area contributed by atoms with Gasteiger partial charge in [-0.2, -0.15) is 0 Å². The highest BCUT2D eigenvalue weighted by atomic mass is 16.3. The van der Waals surface area contributed by atoms with Crippen LogP contribution in [0.25, 0.3) is 0 Å². The zero-order valence-corrected chi connectivity index (χ0v) is 9.93. The molecular weight excluding hydrogens is 200 g/mol. The predicted octanol–water partition coefficient (Wildman–Crippen LogP) is 2.53. The molecule has 2 N–H and O–H groups in total. The average Bonchev–Trinajstić information content (AvgIpc) is 2.29. The molecule has 0 rings (SSSR count). The van der Waals surface area contributed by atoms with Crippen molar-refractivity contribution in [1.29, 1.82) is 0 Å². The summed E-state index contributed by atoms with van der Waals surface area (Å²) in [5.41, 5.74) is 2.17.